The first-order chi connectivity index (χ1) is 7.75. The molecule has 2 heteroatoms. The molecule has 0 atom stereocenters. The lowest BCUT2D eigenvalue weighted by molar-refractivity contribution is -0.151. The fraction of sp³-hybridized carbons (Fsp3) is 0.929. The normalized spacial score (nSPS) is 18.1. The number of hydrogen-bond donors (Lipinski definition) is 0. The largest absolute Gasteiger partial charge is 0.370 e. The molecular formula is C14H26O2. The van der Waals surface area contributed by atoms with Gasteiger partial charge in [-0.05, 0) is 25.7 Å². The number of ether oxygens (including phenoxy) is 1. The Morgan fingerprint density at radius 3 is 2.25 bits per heavy atom. The third-order valence-electron chi connectivity index (χ3n) is 3.82. The van der Waals surface area contributed by atoms with Crippen LogP contribution < -0.4 is 0 Å². The Balaban J connectivity index is 2.06. The molecular weight excluding hydrogens is 200 g/mol. The Hall–Kier alpha value is -0.370. The van der Waals surface area contributed by atoms with Gasteiger partial charge in [-0.3, -0.25) is 4.79 Å². The summed E-state index contributed by atoms with van der Waals surface area (Å²) in [6, 6.07) is 0. The Morgan fingerprint density at radius 1 is 1.12 bits per heavy atom. The molecule has 1 rings (SSSR count). The average molecular weight is 226 g/mol. The minimum atomic E-state index is -0.372. The summed E-state index contributed by atoms with van der Waals surface area (Å²) in [6.07, 6.45) is 11.2. The van der Waals surface area contributed by atoms with Crippen LogP contribution in [0.1, 0.15) is 71.1 Å². The molecule has 1 saturated carbocycles. The van der Waals surface area contributed by atoms with Gasteiger partial charge in [0.05, 0.1) is 0 Å². The number of ketones is 1. The number of methoxy groups -OCH3 is 1. The van der Waals surface area contributed by atoms with Crippen LogP contribution in [0, 0.1) is 0 Å². The van der Waals surface area contributed by atoms with Crippen LogP contribution in [-0.2, 0) is 9.53 Å². The predicted octanol–water partition coefficient (Wildman–Crippen LogP) is 3.88. The molecule has 0 spiro atoms. The van der Waals surface area contributed by atoms with Crippen molar-refractivity contribution in [3.05, 3.63) is 0 Å². The van der Waals surface area contributed by atoms with E-state index in [1.165, 1.54) is 32.1 Å². The highest BCUT2D eigenvalue weighted by Crippen LogP contribution is 2.37. The SMILES string of the molecule is CCCCCCCCC(=O)C1(OC)CCC1. The minimum absolute atomic E-state index is 0.344. The molecule has 1 fully saturated rings. The molecule has 0 aliphatic heterocycles. The van der Waals surface area contributed by atoms with Crippen LogP contribution in [0.5, 0.6) is 0 Å². The molecule has 94 valence electrons. The van der Waals surface area contributed by atoms with E-state index in [-0.39, 0.29) is 5.60 Å². The number of Topliss-reactive ketones (excluding diaryl/α,β-unsaturated/α-hetero) is 1. The summed E-state index contributed by atoms with van der Waals surface area (Å²) < 4.78 is 5.38. The molecule has 0 bridgehead atoms. The zero-order valence-corrected chi connectivity index (χ0v) is 10.9. The molecule has 0 N–H and O–H groups in total. The van der Waals surface area contributed by atoms with E-state index in [9.17, 15) is 4.79 Å². The van der Waals surface area contributed by atoms with Crippen LogP contribution in [0.2, 0.25) is 0 Å². The van der Waals surface area contributed by atoms with E-state index in [0.717, 1.165) is 32.1 Å². The molecule has 0 aromatic heterocycles. The maximum Gasteiger partial charge on any atom is 0.164 e. The summed E-state index contributed by atoms with van der Waals surface area (Å²) >= 11 is 0. The monoisotopic (exact) mass is 226 g/mol. The zero-order chi connectivity index (χ0) is 11.9. The standard InChI is InChI=1S/C14H26O2/c1-3-4-5-6-7-8-10-13(15)14(16-2)11-9-12-14/h3-12H2,1-2H3. The first-order valence-corrected chi connectivity index (χ1v) is 6.83. The van der Waals surface area contributed by atoms with Crippen molar-refractivity contribution in [2.45, 2.75) is 76.7 Å². The Kier molecular flexibility index (Phi) is 6.04. The first-order valence-electron chi connectivity index (χ1n) is 6.83. The van der Waals surface area contributed by atoms with Gasteiger partial charge < -0.3 is 4.74 Å². The maximum atomic E-state index is 11.9. The lowest BCUT2D eigenvalue weighted by Gasteiger charge is -2.38. The Morgan fingerprint density at radius 2 is 1.75 bits per heavy atom. The summed E-state index contributed by atoms with van der Waals surface area (Å²) in [5, 5.41) is 0. The van der Waals surface area contributed by atoms with Gasteiger partial charge in [0.1, 0.15) is 5.60 Å². The first kappa shape index (κ1) is 13.7. The number of carbonyl (C=O) groups is 1. The molecule has 0 unspecified atom stereocenters. The molecule has 1 aliphatic rings. The lowest BCUT2D eigenvalue weighted by atomic mass is 9.75. The van der Waals surface area contributed by atoms with E-state index < -0.39 is 0 Å². The van der Waals surface area contributed by atoms with E-state index in [0.29, 0.717) is 5.78 Å². The highest BCUT2D eigenvalue weighted by atomic mass is 16.5. The second kappa shape index (κ2) is 7.05. The highest BCUT2D eigenvalue weighted by Gasteiger charge is 2.43. The summed E-state index contributed by atoms with van der Waals surface area (Å²) in [5.41, 5.74) is -0.372. The van der Waals surface area contributed by atoms with Crippen LogP contribution >= 0.6 is 0 Å². The lowest BCUT2D eigenvalue weighted by Crippen LogP contribution is -2.46. The number of carbonyl (C=O) groups excluding carboxylic acids is 1. The topological polar surface area (TPSA) is 26.3 Å². The van der Waals surface area contributed by atoms with Crippen molar-refractivity contribution in [1.29, 1.82) is 0 Å². The molecule has 0 heterocycles. The molecule has 0 radical (unpaired) electrons. The van der Waals surface area contributed by atoms with Gasteiger partial charge in [0.25, 0.3) is 0 Å². The van der Waals surface area contributed by atoms with Crippen molar-refractivity contribution in [3.63, 3.8) is 0 Å². The zero-order valence-electron chi connectivity index (χ0n) is 10.9. The molecule has 0 aromatic rings. The predicted molar refractivity (Wildman–Crippen MR) is 66.6 cm³/mol. The fourth-order valence-electron chi connectivity index (χ4n) is 2.39. The number of unbranched alkanes of at least 4 members (excludes halogenated alkanes) is 5. The van der Waals surface area contributed by atoms with Crippen LogP contribution in [0.15, 0.2) is 0 Å². The Labute approximate surface area is 99.8 Å². The molecule has 2 nitrogen and oxygen atoms in total. The summed E-state index contributed by atoms with van der Waals surface area (Å²) in [5.74, 6) is 0.344. The smallest absolute Gasteiger partial charge is 0.164 e. The van der Waals surface area contributed by atoms with Gasteiger partial charge in [-0.15, -0.1) is 0 Å². The highest BCUT2D eigenvalue weighted by molar-refractivity contribution is 5.88. The van der Waals surface area contributed by atoms with Gasteiger partial charge in [-0.2, -0.15) is 0 Å². The third kappa shape index (κ3) is 3.58. The van der Waals surface area contributed by atoms with Crippen molar-refractivity contribution < 1.29 is 9.53 Å². The number of hydrogen-bond acceptors (Lipinski definition) is 2. The second-order valence-corrected chi connectivity index (χ2v) is 4.99. The van der Waals surface area contributed by atoms with Crippen molar-refractivity contribution in [1.82, 2.24) is 0 Å². The van der Waals surface area contributed by atoms with Crippen molar-refractivity contribution >= 4 is 5.78 Å². The van der Waals surface area contributed by atoms with Crippen molar-refractivity contribution in [3.8, 4) is 0 Å². The molecule has 0 saturated heterocycles. The minimum Gasteiger partial charge on any atom is -0.370 e. The summed E-state index contributed by atoms with van der Waals surface area (Å²) in [6.45, 7) is 2.22. The van der Waals surface area contributed by atoms with Gasteiger partial charge in [0.2, 0.25) is 0 Å². The molecule has 1 aliphatic carbocycles. The van der Waals surface area contributed by atoms with E-state index in [1.807, 2.05) is 0 Å². The van der Waals surface area contributed by atoms with Gasteiger partial charge in [-0.1, -0.05) is 39.0 Å². The van der Waals surface area contributed by atoms with Crippen LogP contribution in [0.4, 0.5) is 0 Å². The van der Waals surface area contributed by atoms with Crippen LogP contribution in [0.25, 0.3) is 0 Å². The van der Waals surface area contributed by atoms with E-state index >= 15 is 0 Å². The Bertz CT molecular complexity index is 201. The van der Waals surface area contributed by atoms with Crippen molar-refractivity contribution in [2.75, 3.05) is 7.11 Å². The summed E-state index contributed by atoms with van der Waals surface area (Å²) in [7, 11) is 1.68. The molecule has 0 aromatic carbocycles. The maximum absolute atomic E-state index is 11.9. The average Bonchev–Trinajstić information content (AvgIpc) is 2.22. The molecule has 0 amide bonds. The van der Waals surface area contributed by atoms with Gasteiger partial charge in [-0.25, -0.2) is 0 Å². The van der Waals surface area contributed by atoms with Gasteiger partial charge in [0, 0.05) is 13.5 Å². The van der Waals surface area contributed by atoms with Crippen LogP contribution in [-0.4, -0.2) is 18.5 Å². The van der Waals surface area contributed by atoms with E-state index in [4.69, 9.17) is 4.74 Å². The summed E-state index contributed by atoms with van der Waals surface area (Å²) in [4.78, 5) is 11.9. The van der Waals surface area contributed by atoms with Gasteiger partial charge >= 0.3 is 0 Å². The van der Waals surface area contributed by atoms with E-state index in [2.05, 4.69) is 6.92 Å². The van der Waals surface area contributed by atoms with E-state index in [1.54, 1.807) is 7.11 Å². The van der Waals surface area contributed by atoms with Crippen molar-refractivity contribution in [2.24, 2.45) is 0 Å². The fourth-order valence-corrected chi connectivity index (χ4v) is 2.39. The second-order valence-electron chi connectivity index (χ2n) is 4.99. The number of rotatable bonds is 9. The van der Waals surface area contributed by atoms with Crippen LogP contribution in [0.3, 0.4) is 0 Å². The quantitative estimate of drug-likeness (QED) is 0.558. The van der Waals surface area contributed by atoms with Gasteiger partial charge in [0.15, 0.2) is 5.78 Å². The molecule has 16 heavy (non-hydrogen) atoms. The third-order valence-corrected chi connectivity index (χ3v) is 3.82.